The Bertz CT molecular complexity index is 596. The van der Waals surface area contributed by atoms with Crippen LogP contribution in [0.1, 0.15) is 72.6 Å². The maximum absolute atomic E-state index is 5.36. The highest BCUT2D eigenvalue weighted by Crippen LogP contribution is 2.29. The second kappa shape index (κ2) is 8.17. The zero-order valence-corrected chi connectivity index (χ0v) is 16.1. The van der Waals surface area contributed by atoms with E-state index in [1.54, 1.807) is 0 Å². The van der Waals surface area contributed by atoms with Crippen LogP contribution in [0.15, 0.2) is 9.05 Å². The van der Waals surface area contributed by atoms with Crippen LogP contribution in [0.3, 0.4) is 0 Å². The predicted molar refractivity (Wildman–Crippen MR) is 97.3 cm³/mol. The van der Waals surface area contributed by atoms with Crippen molar-refractivity contribution in [2.45, 2.75) is 79.3 Å². The molecule has 0 amide bonds. The SMILES string of the molecule is Cc1noc(C)c1CN(CCCC1CCCC1)Cc1c(C)noc1C. The first-order valence-corrected chi connectivity index (χ1v) is 9.60. The second-order valence-corrected chi connectivity index (χ2v) is 7.61. The highest BCUT2D eigenvalue weighted by atomic mass is 16.5. The van der Waals surface area contributed by atoms with Gasteiger partial charge in [0.1, 0.15) is 11.5 Å². The molecule has 3 rings (SSSR count). The summed E-state index contributed by atoms with van der Waals surface area (Å²) in [4.78, 5) is 2.49. The van der Waals surface area contributed by atoms with Crippen LogP contribution in [0.25, 0.3) is 0 Å². The molecule has 5 heteroatoms. The minimum absolute atomic E-state index is 0.871. The predicted octanol–water partition coefficient (Wildman–Crippen LogP) is 4.87. The van der Waals surface area contributed by atoms with E-state index in [2.05, 4.69) is 15.2 Å². The number of nitrogens with zero attached hydrogens (tertiary/aromatic N) is 3. The van der Waals surface area contributed by atoms with Crippen LogP contribution in [0.4, 0.5) is 0 Å². The fourth-order valence-electron chi connectivity index (χ4n) is 4.02. The van der Waals surface area contributed by atoms with E-state index in [-0.39, 0.29) is 0 Å². The Morgan fingerprint density at radius 2 is 1.40 bits per heavy atom. The summed E-state index contributed by atoms with van der Waals surface area (Å²) in [6.45, 7) is 10.9. The Kier molecular flexibility index (Phi) is 5.94. The molecule has 1 aliphatic carbocycles. The summed E-state index contributed by atoms with van der Waals surface area (Å²) in [5, 5.41) is 8.22. The van der Waals surface area contributed by atoms with Crippen LogP contribution < -0.4 is 0 Å². The van der Waals surface area contributed by atoms with E-state index < -0.39 is 0 Å². The van der Waals surface area contributed by atoms with Gasteiger partial charge in [0.15, 0.2) is 0 Å². The maximum Gasteiger partial charge on any atom is 0.138 e. The Morgan fingerprint density at radius 3 is 1.84 bits per heavy atom. The molecule has 2 aromatic rings. The molecule has 0 saturated heterocycles. The summed E-state index contributed by atoms with van der Waals surface area (Å²) in [6, 6.07) is 0. The molecule has 5 nitrogen and oxygen atoms in total. The van der Waals surface area contributed by atoms with E-state index in [1.807, 2.05) is 27.7 Å². The molecule has 0 aliphatic heterocycles. The molecule has 25 heavy (non-hydrogen) atoms. The maximum atomic E-state index is 5.36. The lowest BCUT2D eigenvalue weighted by Gasteiger charge is -2.23. The Balaban J connectivity index is 1.66. The summed E-state index contributed by atoms with van der Waals surface area (Å²) < 4.78 is 10.7. The van der Waals surface area contributed by atoms with Crippen LogP contribution in [-0.2, 0) is 13.1 Å². The second-order valence-electron chi connectivity index (χ2n) is 7.61. The van der Waals surface area contributed by atoms with Crippen molar-refractivity contribution in [3.63, 3.8) is 0 Å². The standard InChI is InChI=1S/C20H31N3O2/c1-14-19(16(3)24-21-14)12-23(11-7-10-18-8-5-6-9-18)13-20-15(2)22-25-17(20)4/h18H,5-13H2,1-4H3. The van der Waals surface area contributed by atoms with E-state index in [9.17, 15) is 0 Å². The minimum Gasteiger partial charge on any atom is -0.361 e. The molecule has 0 bridgehead atoms. The molecule has 2 aromatic heterocycles. The van der Waals surface area contributed by atoms with Crippen LogP contribution in [0, 0.1) is 33.6 Å². The number of aromatic nitrogens is 2. The van der Waals surface area contributed by atoms with Crippen molar-refractivity contribution >= 4 is 0 Å². The number of rotatable bonds is 8. The van der Waals surface area contributed by atoms with Gasteiger partial charge in [0.05, 0.1) is 11.4 Å². The van der Waals surface area contributed by atoms with Crippen molar-refractivity contribution in [1.82, 2.24) is 15.2 Å². The van der Waals surface area contributed by atoms with Gasteiger partial charge in [0, 0.05) is 24.2 Å². The Labute approximate surface area is 150 Å². The van der Waals surface area contributed by atoms with Gasteiger partial charge in [0.2, 0.25) is 0 Å². The Morgan fingerprint density at radius 1 is 0.880 bits per heavy atom. The summed E-state index contributed by atoms with van der Waals surface area (Å²) in [6.07, 6.45) is 8.29. The van der Waals surface area contributed by atoms with Crippen molar-refractivity contribution < 1.29 is 9.05 Å². The molecule has 1 fully saturated rings. The van der Waals surface area contributed by atoms with Gasteiger partial charge >= 0.3 is 0 Å². The van der Waals surface area contributed by atoms with E-state index >= 15 is 0 Å². The van der Waals surface area contributed by atoms with Crippen molar-refractivity contribution in [3.8, 4) is 0 Å². The third-order valence-corrected chi connectivity index (χ3v) is 5.69. The summed E-state index contributed by atoms with van der Waals surface area (Å²) in [5.41, 5.74) is 4.43. The lowest BCUT2D eigenvalue weighted by molar-refractivity contribution is 0.240. The number of hydrogen-bond donors (Lipinski definition) is 0. The summed E-state index contributed by atoms with van der Waals surface area (Å²) in [7, 11) is 0. The molecular formula is C20H31N3O2. The van der Waals surface area contributed by atoms with E-state index in [1.165, 1.54) is 49.7 Å². The van der Waals surface area contributed by atoms with Crippen LogP contribution in [0.2, 0.25) is 0 Å². The lowest BCUT2D eigenvalue weighted by Crippen LogP contribution is -2.25. The van der Waals surface area contributed by atoms with Crippen LogP contribution in [-0.4, -0.2) is 21.8 Å². The third-order valence-electron chi connectivity index (χ3n) is 5.69. The van der Waals surface area contributed by atoms with Crippen LogP contribution in [0.5, 0.6) is 0 Å². The molecule has 2 heterocycles. The molecule has 0 atom stereocenters. The minimum atomic E-state index is 0.871. The van der Waals surface area contributed by atoms with Gasteiger partial charge in [-0.2, -0.15) is 0 Å². The van der Waals surface area contributed by atoms with Gasteiger partial charge in [-0.25, -0.2) is 0 Å². The topological polar surface area (TPSA) is 55.3 Å². The molecule has 0 aromatic carbocycles. The van der Waals surface area contributed by atoms with Crippen molar-refractivity contribution in [1.29, 1.82) is 0 Å². The van der Waals surface area contributed by atoms with Crippen molar-refractivity contribution in [2.24, 2.45) is 5.92 Å². The van der Waals surface area contributed by atoms with E-state index in [0.717, 1.165) is 48.5 Å². The summed E-state index contributed by atoms with van der Waals surface area (Å²) >= 11 is 0. The average molecular weight is 345 g/mol. The number of aryl methyl sites for hydroxylation is 4. The van der Waals surface area contributed by atoms with Gasteiger partial charge in [-0.15, -0.1) is 0 Å². The van der Waals surface area contributed by atoms with E-state index in [0.29, 0.717) is 0 Å². The van der Waals surface area contributed by atoms with Crippen LogP contribution >= 0.6 is 0 Å². The highest BCUT2D eigenvalue weighted by molar-refractivity contribution is 5.23. The molecule has 138 valence electrons. The van der Waals surface area contributed by atoms with Gasteiger partial charge in [-0.1, -0.05) is 36.0 Å². The molecule has 0 radical (unpaired) electrons. The zero-order chi connectivity index (χ0) is 17.8. The largest absolute Gasteiger partial charge is 0.361 e. The third kappa shape index (κ3) is 4.51. The monoisotopic (exact) mass is 345 g/mol. The van der Waals surface area contributed by atoms with Gasteiger partial charge in [-0.3, -0.25) is 4.90 Å². The first kappa shape index (κ1) is 18.2. The average Bonchev–Trinajstić information content (AvgIpc) is 3.28. The molecule has 0 spiro atoms. The Hall–Kier alpha value is -1.62. The zero-order valence-electron chi connectivity index (χ0n) is 16.1. The normalized spacial score (nSPS) is 15.6. The fourth-order valence-corrected chi connectivity index (χ4v) is 4.02. The molecular weight excluding hydrogens is 314 g/mol. The first-order chi connectivity index (χ1) is 12.0. The molecule has 1 aliphatic rings. The lowest BCUT2D eigenvalue weighted by atomic mass is 10.0. The van der Waals surface area contributed by atoms with E-state index in [4.69, 9.17) is 9.05 Å². The van der Waals surface area contributed by atoms with Crippen molar-refractivity contribution in [2.75, 3.05) is 6.54 Å². The highest BCUT2D eigenvalue weighted by Gasteiger charge is 2.19. The van der Waals surface area contributed by atoms with Gasteiger partial charge in [0.25, 0.3) is 0 Å². The fraction of sp³-hybridized carbons (Fsp3) is 0.700. The smallest absolute Gasteiger partial charge is 0.138 e. The molecule has 0 N–H and O–H groups in total. The number of hydrogen-bond acceptors (Lipinski definition) is 5. The summed E-state index contributed by atoms with van der Waals surface area (Å²) in [5.74, 6) is 2.80. The van der Waals surface area contributed by atoms with Gasteiger partial charge < -0.3 is 9.05 Å². The molecule has 1 saturated carbocycles. The van der Waals surface area contributed by atoms with Crippen molar-refractivity contribution in [3.05, 3.63) is 34.0 Å². The van der Waals surface area contributed by atoms with Gasteiger partial charge in [-0.05, 0) is 53.0 Å². The molecule has 0 unspecified atom stereocenters. The quantitative estimate of drug-likeness (QED) is 0.683. The first-order valence-electron chi connectivity index (χ1n) is 9.60.